The molecule has 1 aliphatic heterocycles. The van der Waals surface area contributed by atoms with Crippen molar-refractivity contribution < 1.29 is 9.64 Å². The standard InChI is InChI=1S/C21H22N4O3/c1-14(15-6-4-3-5-7-15)24-12-18-19(22-13-24)25(21(27)23-20(18)26)16-8-10-17(28-2)11-9-16/h3-11,14,22H,12-13H2,1-2H3,(H,23,26,27)/p+1/t14-/m0/s1. The molecule has 0 fully saturated rings. The Kier molecular flexibility index (Phi) is 4.75. The maximum Gasteiger partial charge on any atom is 0.334 e. The predicted octanol–water partition coefficient (Wildman–Crippen LogP) is 1.06. The number of H-pyrrole nitrogens is 1. The molecule has 3 N–H and O–H groups in total. The quantitative estimate of drug-likeness (QED) is 0.633. The van der Waals surface area contributed by atoms with Crippen LogP contribution in [0.15, 0.2) is 64.2 Å². The van der Waals surface area contributed by atoms with Crippen molar-refractivity contribution in [2.75, 3.05) is 19.1 Å². The van der Waals surface area contributed by atoms with Crippen LogP contribution in [0.2, 0.25) is 0 Å². The average molecular weight is 379 g/mol. The van der Waals surface area contributed by atoms with Crippen molar-refractivity contribution in [2.45, 2.75) is 19.5 Å². The molecule has 2 atom stereocenters. The van der Waals surface area contributed by atoms with E-state index in [0.29, 0.717) is 36.0 Å². The van der Waals surface area contributed by atoms with Crippen LogP contribution in [-0.4, -0.2) is 23.3 Å². The number of quaternary nitrogens is 1. The largest absolute Gasteiger partial charge is 0.497 e. The second-order valence-corrected chi connectivity index (χ2v) is 6.94. The van der Waals surface area contributed by atoms with E-state index in [9.17, 15) is 9.59 Å². The number of hydrogen-bond acceptors (Lipinski definition) is 4. The Morgan fingerprint density at radius 3 is 2.46 bits per heavy atom. The molecule has 0 saturated carbocycles. The minimum Gasteiger partial charge on any atom is -0.497 e. The van der Waals surface area contributed by atoms with Crippen LogP contribution in [0.25, 0.3) is 5.69 Å². The van der Waals surface area contributed by atoms with Gasteiger partial charge >= 0.3 is 5.69 Å². The van der Waals surface area contributed by atoms with Gasteiger partial charge in [-0.2, -0.15) is 0 Å². The van der Waals surface area contributed by atoms with Gasteiger partial charge in [-0.25, -0.2) is 9.36 Å². The Morgan fingerprint density at radius 1 is 1.07 bits per heavy atom. The highest BCUT2D eigenvalue weighted by atomic mass is 16.5. The molecule has 2 aromatic carbocycles. The monoisotopic (exact) mass is 379 g/mol. The molecular weight excluding hydrogens is 356 g/mol. The van der Waals surface area contributed by atoms with Crippen LogP contribution in [0, 0.1) is 0 Å². The van der Waals surface area contributed by atoms with Gasteiger partial charge < -0.3 is 15.0 Å². The number of ether oxygens (including phenoxy) is 1. The lowest BCUT2D eigenvalue weighted by Gasteiger charge is -2.32. The topological polar surface area (TPSA) is 80.6 Å². The summed E-state index contributed by atoms with van der Waals surface area (Å²) < 4.78 is 6.70. The third kappa shape index (κ3) is 3.20. The third-order valence-electron chi connectivity index (χ3n) is 5.34. The maximum atomic E-state index is 12.5. The van der Waals surface area contributed by atoms with Crippen molar-refractivity contribution >= 4 is 5.82 Å². The molecule has 0 saturated heterocycles. The first kappa shape index (κ1) is 18.1. The van der Waals surface area contributed by atoms with Crippen molar-refractivity contribution in [1.82, 2.24) is 9.55 Å². The SMILES string of the molecule is COc1ccc(-n2c3c(c(=O)[nH]c2=O)C[NH+]([C@@H](C)c2ccccc2)CN3)cc1. The molecular formula is C21H23N4O3+. The van der Waals surface area contributed by atoms with E-state index in [2.05, 4.69) is 29.4 Å². The van der Waals surface area contributed by atoms with Crippen molar-refractivity contribution in [3.05, 3.63) is 86.6 Å². The number of aromatic amines is 1. The summed E-state index contributed by atoms with van der Waals surface area (Å²) in [5.41, 5.74) is 1.67. The predicted molar refractivity (Wildman–Crippen MR) is 107 cm³/mol. The number of hydrogen-bond donors (Lipinski definition) is 3. The Hall–Kier alpha value is -3.32. The van der Waals surface area contributed by atoms with Gasteiger partial charge in [0, 0.05) is 5.56 Å². The second-order valence-electron chi connectivity index (χ2n) is 6.94. The number of benzene rings is 2. The van der Waals surface area contributed by atoms with Gasteiger partial charge in [-0.15, -0.1) is 0 Å². The summed E-state index contributed by atoms with van der Waals surface area (Å²) >= 11 is 0. The van der Waals surface area contributed by atoms with Gasteiger partial charge in [0.2, 0.25) is 0 Å². The summed E-state index contributed by atoms with van der Waals surface area (Å²) in [4.78, 5) is 28.7. The third-order valence-corrected chi connectivity index (χ3v) is 5.34. The normalized spacial score (nSPS) is 16.7. The molecule has 144 valence electrons. The fourth-order valence-corrected chi connectivity index (χ4v) is 3.67. The molecule has 1 aliphatic rings. The molecule has 3 aromatic rings. The molecule has 2 heterocycles. The van der Waals surface area contributed by atoms with E-state index in [-0.39, 0.29) is 11.6 Å². The average Bonchev–Trinajstić information content (AvgIpc) is 2.74. The van der Waals surface area contributed by atoms with Crippen LogP contribution in [-0.2, 0) is 6.54 Å². The number of nitrogens with one attached hydrogen (secondary N) is 3. The lowest BCUT2D eigenvalue weighted by molar-refractivity contribution is -0.941. The van der Waals surface area contributed by atoms with Gasteiger partial charge in [-0.05, 0) is 31.2 Å². The molecule has 0 amide bonds. The minimum atomic E-state index is -0.457. The molecule has 0 spiro atoms. The van der Waals surface area contributed by atoms with E-state index in [0.717, 1.165) is 0 Å². The summed E-state index contributed by atoms with van der Waals surface area (Å²) in [5, 5.41) is 3.32. The zero-order chi connectivity index (χ0) is 19.7. The van der Waals surface area contributed by atoms with E-state index < -0.39 is 5.69 Å². The minimum absolute atomic E-state index is 0.211. The number of nitrogens with zero attached hydrogens (tertiary/aromatic N) is 1. The van der Waals surface area contributed by atoms with Crippen molar-refractivity contribution in [3.8, 4) is 11.4 Å². The van der Waals surface area contributed by atoms with Crippen LogP contribution in [0.3, 0.4) is 0 Å². The molecule has 0 radical (unpaired) electrons. The second kappa shape index (κ2) is 7.36. The van der Waals surface area contributed by atoms with Gasteiger partial charge in [0.15, 0.2) is 6.67 Å². The van der Waals surface area contributed by atoms with E-state index in [1.54, 1.807) is 31.4 Å². The fraction of sp³-hybridized carbons (Fsp3) is 0.238. The van der Waals surface area contributed by atoms with E-state index in [1.165, 1.54) is 15.0 Å². The number of aromatic nitrogens is 2. The Labute approximate surface area is 162 Å². The highest BCUT2D eigenvalue weighted by molar-refractivity contribution is 5.51. The van der Waals surface area contributed by atoms with Gasteiger partial charge in [-0.1, -0.05) is 30.3 Å². The lowest BCUT2D eigenvalue weighted by Crippen LogP contribution is -3.12. The number of anilines is 1. The van der Waals surface area contributed by atoms with Crippen LogP contribution in [0.5, 0.6) is 5.75 Å². The van der Waals surface area contributed by atoms with Crippen molar-refractivity contribution in [2.24, 2.45) is 0 Å². The smallest absolute Gasteiger partial charge is 0.334 e. The number of rotatable bonds is 4. The Bertz CT molecular complexity index is 1090. The first-order valence-corrected chi connectivity index (χ1v) is 9.24. The fourth-order valence-electron chi connectivity index (χ4n) is 3.67. The van der Waals surface area contributed by atoms with E-state index in [1.807, 2.05) is 18.2 Å². The highest BCUT2D eigenvalue weighted by Crippen LogP contribution is 2.20. The molecule has 7 heteroatoms. The maximum absolute atomic E-state index is 12.5. The first-order valence-electron chi connectivity index (χ1n) is 9.24. The number of methoxy groups -OCH3 is 1. The molecule has 0 bridgehead atoms. The molecule has 1 aromatic heterocycles. The summed E-state index contributed by atoms with van der Waals surface area (Å²) in [6.45, 7) is 3.29. The molecule has 28 heavy (non-hydrogen) atoms. The highest BCUT2D eigenvalue weighted by Gasteiger charge is 2.29. The van der Waals surface area contributed by atoms with Crippen LogP contribution < -0.4 is 26.2 Å². The molecule has 4 rings (SSSR count). The van der Waals surface area contributed by atoms with Gasteiger partial charge in [0.05, 0.1) is 12.8 Å². The molecule has 1 unspecified atom stereocenters. The summed E-state index contributed by atoms with van der Waals surface area (Å²) in [5.74, 6) is 1.26. The lowest BCUT2D eigenvalue weighted by atomic mass is 10.1. The van der Waals surface area contributed by atoms with Gasteiger partial charge in [0.25, 0.3) is 5.56 Å². The Balaban J connectivity index is 1.72. The summed E-state index contributed by atoms with van der Waals surface area (Å²) in [6.07, 6.45) is 0. The zero-order valence-corrected chi connectivity index (χ0v) is 15.9. The summed E-state index contributed by atoms with van der Waals surface area (Å²) in [6, 6.07) is 17.6. The van der Waals surface area contributed by atoms with Crippen molar-refractivity contribution in [3.63, 3.8) is 0 Å². The van der Waals surface area contributed by atoms with Crippen molar-refractivity contribution in [1.29, 1.82) is 0 Å². The van der Waals surface area contributed by atoms with E-state index in [4.69, 9.17) is 4.74 Å². The van der Waals surface area contributed by atoms with Gasteiger partial charge in [0.1, 0.15) is 29.7 Å². The number of fused-ring (bicyclic) bond motifs is 1. The van der Waals surface area contributed by atoms with Crippen LogP contribution in [0.1, 0.15) is 24.1 Å². The van der Waals surface area contributed by atoms with E-state index >= 15 is 0 Å². The molecule has 0 aliphatic carbocycles. The van der Waals surface area contributed by atoms with Crippen LogP contribution >= 0.6 is 0 Å². The first-order chi connectivity index (χ1) is 13.6. The molecule has 7 nitrogen and oxygen atoms in total. The van der Waals surface area contributed by atoms with Crippen LogP contribution in [0.4, 0.5) is 5.82 Å². The zero-order valence-electron chi connectivity index (χ0n) is 15.9. The van der Waals surface area contributed by atoms with Gasteiger partial charge in [-0.3, -0.25) is 9.78 Å². The summed E-state index contributed by atoms with van der Waals surface area (Å²) in [7, 11) is 1.59. The Morgan fingerprint density at radius 2 is 1.79 bits per heavy atom.